The maximum Gasteiger partial charge on any atom is 0.325 e. The Morgan fingerprint density at radius 2 is 2.27 bits per heavy atom. The van der Waals surface area contributed by atoms with Gasteiger partial charge in [0.2, 0.25) is 0 Å². The highest BCUT2D eigenvalue weighted by atomic mass is 16.5. The average molecular weight is 211 g/mol. The minimum atomic E-state index is -0.464. The highest BCUT2D eigenvalue weighted by Crippen LogP contribution is 1.99. The van der Waals surface area contributed by atoms with Crippen LogP contribution in [0.1, 0.15) is 5.69 Å². The molecule has 1 saturated heterocycles. The fourth-order valence-corrected chi connectivity index (χ4v) is 1.65. The van der Waals surface area contributed by atoms with E-state index in [1.165, 1.54) is 6.07 Å². The van der Waals surface area contributed by atoms with Crippen molar-refractivity contribution in [2.24, 2.45) is 0 Å². The van der Waals surface area contributed by atoms with Gasteiger partial charge in [-0.25, -0.2) is 4.79 Å². The van der Waals surface area contributed by atoms with Gasteiger partial charge in [-0.05, 0) is 0 Å². The van der Waals surface area contributed by atoms with E-state index in [9.17, 15) is 9.59 Å². The lowest BCUT2D eigenvalue weighted by Crippen LogP contribution is -2.43. The molecule has 2 rings (SSSR count). The van der Waals surface area contributed by atoms with Crippen LogP contribution in [0.15, 0.2) is 15.7 Å². The molecule has 2 heterocycles. The molecule has 0 saturated carbocycles. The van der Waals surface area contributed by atoms with Crippen molar-refractivity contribution in [2.75, 3.05) is 19.8 Å². The first kappa shape index (κ1) is 10.1. The summed E-state index contributed by atoms with van der Waals surface area (Å²) in [4.78, 5) is 26.7. The van der Waals surface area contributed by atoms with Crippen LogP contribution in [-0.2, 0) is 11.2 Å². The molecular weight excluding hydrogens is 198 g/mol. The third-order valence-electron chi connectivity index (χ3n) is 2.28. The maximum absolute atomic E-state index is 11.0. The van der Waals surface area contributed by atoms with Gasteiger partial charge in [0.25, 0.3) is 5.56 Å². The SMILES string of the molecule is O=c1cc(CC2COCCN2)[nH]c(=O)[nH]1. The number of aromatic amines is 2. The molecule has 0 amide bonds. The zero-order chi connectivity index (χ0) is 10.7. The first-order valence-electron chi connectivity index (χ1n) is 4.88. The molecule has 0 radical (unpaired) electrons. The third kappa shape index (κ3) is 2.77. The second-order valence-electron chi connectivity index (χ2n) is 3.54. The van der Waals surface area contributed by atoms with E-state index in [2.05, 4.69) is 15.3 Å². The molecule has 1 aliphatic rings. The lowest BCUT2D eigenvalue weighted by atomic mass is 10.1. The van der Waals surface area contributed by atoms with Crippen molar-refractivity contribution in [1.82, 2.24) is 15.3 Å². The highest BCUT2D eigenvalue weighted by Gasteiger charge is 2.13. The van der Waals surface area contributed by atoms with Crippen molar-refractivity contribution in [2.45, 2.75) is 12.5 Å². The van der Waals surface area contributed by atoms with Crippen LogP contribution in [0.2, 0.25) is 0 Å². The molecule has 0 aliphatic carbocycles. The summed E-state index contributed by atoms with van der Waals surface area (Å²) in [7, 11) is 0. The standard InChI is InChI=1S/C9H13N3O3/c13-8-4-6(11-9(14)12-8)3-7-5-15-2-1-10-7/h4,7,10H,1-3,5H2,(H2,11,12,13,14). The van der Waals surface area contributed by atoms with Gasteiger partial charge in [-0.2, -0.15) is 0 Å². The zero-order valence-corrected chi connectivity index (χ0v) is 8.21. The zero-order valence-electron chi connectivity index (χ0n) is 8.21. The Morgan fingerprint density at radius 1 is 1.40 bits per heavy atom. The van der Waals surface area contributed by atoms with Gasteiger partial charge in [-0.15, -0.1) is 0 Å². The number of nitrogens with one attached hydrogen (secondary N) is 3. The van der Waals surface area contributed by atoms with Crippen molar-refractivity contribution in [3.63, 3.8) is 0 Å². The first-order valence-corrected chi connectivity index (χ1v) is 4.88. The Morgan fingerprint density at radius 3 is 2.93 bits per heavy atom. The molecule has 1 unspecified atom stereocenters. The number of morpholine rings is 1. The van der Waals surface area contributed by atoms with Gasteiger partial charge >= 0.3 is 5.69 Å². The number of hydrogen-bond donors (Lipinski definition) is 3. The van der Waals surface area contributed by atoms with E-state index in [0.717, 1.165) is 6.54 Å². The molecule has 0 aromatic carbocycles. The Labute approximate surface area is 85.7 Å². The molecule has 3 N–H and O–H groups in total. The van der Waals surface area contributed by atoms with Crippen molar-refractivity contribution >= 4 is 0 Å². The second kappa shape index (κ2) is 4.41. The van der Waals surface area contributed by atoms with Gasteiger partial charge in [0, 0.05) is 30.8 Å². The summed E-state index contributed by atoms with van der Waals surface area (Å²) >= 11 is 0. The quantitative estimate of drug-likeness (QED) is 0.561. The van der Waals surface area contributed by atoms with Crippen molar-refractivity contribution < 1.29 is 4.74 Å². The van der Waals surface area contributed by atoms with Crippen LogP contribution in [-0.4, -0.2) is 35.8 Å². The number of aromatic nitrogens is 2. The fraction of sp³-hybridized carbons (Fsp3) is 0.556. The number of ether oxygens (including phenoxy) is 1. The molecular formula is C9H13N3O3. The van der Waals surface area contributed by atoms with E-state index in [1.807, 2.05) is 0 Å². The first-order chi connectivity index (χ1) is 7.24. The summed E-state index contributed by atoms with van der Waals surface area (Å²) in [5.41, 5.74) is -0.202. The molecule has 1 aromatic rings. The Bertz CT molecular complexity index is 402. The normalized spacial score (nSPS) is 21.5. The van der Waals surface area contributed by atoms with Gasteiger partial charge in [-0.3, -0.25) is 9.78 Å². The van der Waals surface area contributed by atoms with Gasteiger partial charge in [0.05, 0.1) is 13.2 Å². The van der Waals surface area contributed by atoms with Crippen LogP contribution >= 0.6 is 0 Å². The minimum Gasteiger partial charge on any atom is -0.379 e. The molecule has 1 fully saturated rings. The van der Waals surface area contributed by atoms with Crippen LogP contribution in [0, 0.1) is 0 Å². The predicted molar refractivity (Wildman–Crippen MR) is 54.0 cm³/mol. The molecule has 1 atom stereocenters. The van der Waals surface area contributed by atoms with E-state index in [0.29, 0.717) is 25.3 Å². The summed E-state index contributed by atoms with van der Waals surface area (Å²) < 4.78 is 5.27. The van der Waals surface area contributed by atoms with Crippen LogP contribution < -0.4 is 16.6 Å². The molecule has 1 aliphatic heterocycles. The van der Waals surface area contributed by atoms with Gasteiger partial charge < -0.3 is 15.0 Å². The van der Waals surface area contributed by atoms with Crippen molar-refractivity contribution in [3.05, 3.63) is 32.6 Å². The summed E-state index contributed by atoms with van der Waals surface area (Å²) in [5, 5.41) is 3.25. The Balaban J connectivity index is 2.09. The number of H-pyrrole nitrogens is 2. The largest absolute Gasteiger partial charge is 0.379 e. The highest BCUT2D eigenvalue weighted by molar-refractivity contribution is 5.01. The predicted octanol–water partition coefficient (Wildman–Crippen LogP) is -1.41. The fourth-order valence-electron chi connectivity index (χ4n) is 1.65. The lowest BCUT2D eigenvalue weighted by Gasteiger charge is -2.23. The molecule has 0 spiro atoms. The average Bonchev–Trinajstić information content (AvgIpc) is 2.17. The number of rotatable bonds is 2. The van der Waals surface area contributed by atoms with E-state index in [4.69, 9.17) is 4.74 Å². The van der Waals surface area contributed by atoms with E-state index < -0.39 is 5.69 Å². The third-order valence-corrected chi connectivity index (χ3v) is 2.28. The van der Waals surface area contributed by atoms with Crippen LogP contribution in [0.3, 0.4) is 0 Å². The summed E-state index contributed by atoms with van der Waals surface area (Å²) in [6.07, 6.45) is 0.596. The molecule has 6 nitrogen and oxygen atoms in total. The van der Waals surface area contributed by atoms with Gasteiger partial charge in [0.15, 0.2) is 0 Å². The minimum absolute atomic E-state index is 0.163. The Hall–Kier alpha value is -1.40. The van der Waals surface area contributed by atoms with Crippen molar-refractivity contribution in [1.29, 1.82) is 0 Å². The van der Waals surface area contributed by atoms with Gasteiger partial charge in [-0.1, -0.05) is 0 Å². The molecule has 0 bridgehead atoms. The second-order valence-corrected chi connectivity index (χ2v) is 3.54. The van der Waals surface area contributed by atoms with E-state index >= 15 is 0 Å². The monoisotopic (exact) mass is 211 g/mol. The van der Waals surface area contributed by atoms with Gasteiger partial charge in [0.1, 0.15) is 0 Å². The Kier molecular flexibility index (Phi) is 2.98. The molecule has 15 heavy (non-hydrogen) atoms. The molecule has 82 valence electrons. The van der Waals surface area contributed by atoms with Crippen molar-refractivity contribution in [3.8, 4) is 0 Å². The molecule has 1 aromatic heterocycles. The van der Waals surface area contributed by atoms with Crippen LogP contribution in [0.25, 0.3) is 0 Å². The topological polar surface area (TPSA) is 87.0 Å². The van der Waals surface area contributed by atoms with Crippen LogP contribution in [0.4, 0.5) is 0 Å². The summed E-state index contributed by atoms with van der Waals surface area (Å²) in [5.74, 6) is 0. The van der Waals surface area contributed by atoms with E-state index in [1.54, 1.807) is 0 Å². The van der Waals surface area contributed by atoms with E-state index in [-0.39, 0.29) is 11.6 Å². The smallest absolute Gasteiger partial charge is 0.325 e. The summed E-state index contributed by atoms with van der Waals surface area (Å²) in [6, 6.07) is 1.56. The lowest BCUT2D eigenvalue weighted by molar-refractivity contribution is 0.0767. The maximum atomic E-state index is 11.0. The van der Waals surface area contributed by atoms with Crippen LogP contribution in [0.5, 0.6) is 0 Å². The summed E-state index contributed by atoms with van der Waals surface area (Å²) in [6.45, 7) is 2.12. The number of hydrogen-bond acceptors (Lipinski definition) is 4. The molecule has 6 heteroatoms.